The average Bonchev–Trinajstić information content (AvgIpc) is 2.20. The van der Waals surface area contributed by atoms with E-state index in [0.717, 1.165) is 0 Å². The predicted molar refractivity (Wildman–Crippen MR) is 52.8 cm³/mol. The Labute approximate surface area is 91.5 Å². The van der Waals surface area contributed by atoms with Crippen molar-refractivity contribution < 1.29 is 8.78 Å². The summed E-state index contributed by atoms with van der Waals surface area (Å²) in [5.41, 5.74) is 1.07. The zero-order valence-electron chi connectivity index (χ0n) is 8.10. The van der Waals surface area contributed by atoms with Crippen LogP contribution in [0, 0.1) is 18.3 Å². The predicted octanol–water partition coefficient (Wildman–Crippen LogP) is 3.13. The molecule has 0 fully saturated rings. The second kappa shape index (κ2) is 5.04. The number of hydrogen-bond acceptors (Lipinski definition) is 2. The minimum absolute atomic E-state index is 0.0177. The Balaban J connectivity index is 3.26. The molecule has 0 spiro atoms. The van der Waals surface area contributed by atoms with Gasteiger partial charge in [-0.25, -0.2) is 8.78 Å². The highest BCUT2D eigenvalue weighted by atomic mass is 35.5. The minimum atomic E-state index is -2.63. The zero-order valence-corrected chi connectivity index (χ0v) is 8.85. The van der Waals surface area contributed by atoms with Gasteiger partial charge in [0.15, 0.2) is 0 Å². The summed E-state index contributed by atoms with van der Waals surface area (Å²) in [4.78, 5) is 3.74. The Bertz CT molecular complexity index is 399. The molecule has 1 aromatic rings. The fraction of sp³-hybridized carbons (Fsp3) is 0.400. The molecule has 0 aromatic carbocycles. The molecule has 1 aromatic heterocycles. The molecule has 1 heterocycles. The molecule has 0 unspecified atom stereocenters. The molecule has 0 atom stereocenters. The minimum Gasteiger partial charge on any atom is -0.250 e. The first-order valence-corrected chi connectivity index (χ1v) is 4.84. The molecule has 1 rings (SSSR count). The van der Waals surface area contributed by atoms with Gasteiger partial charge in [-0.2, -0.15) is 5.26 Å². The lowest BCUT2D eigenvalue weighted by atomic mass is 10.1. The Kier molecular flexibility index (Phi) is 3.98. The summed E-state index contributed by atoms with van der Waals surface area (Å²) in [5.74, 6) is 0.145. The van der Waals surface area contributed by atoms with E-state index in [1.807, 2.05) is 6.07 Å². The fourth-order valence-electron chi connectivity index (χ4n) is 1.27. The first-order chi connectivity index (χ1) is 7.10. The van der Waals surface area contributed by atoms with E-state index >= 15 is 0 Å². The Morgan fingerprint density at radius 2 is 2.27 bits per heavy atom. The van der Waals surface area contributed by atoms with Crippen LogP contribution in [0.4, 0.5) is 8.78 Å². The Morgan fingerprint density at radius 1 is 1.60 bits per heavy atom. The van der Waals surface area contributed by atoms with Crippen molar-refractivity contribution in [2.75, 3.05) is 0 Å². The first kappa shape index (κ1) is 11.9. The van der Waals surface area contributed by atoms with Gasteiger partial charge in [0.1, 0.15) is 5.69 Å². The van der Waals surface area contributed by atoms with Gasteiger partial charge in [-0.05, 0) is 24.1 Å². The topological polar surface area (TPSA) is 36.7 Å². The van der Waals surface area contributed by atoms with Crippen LogP contribution in [0.3, 0.4) is 0 Å². The van der Waals surface area contributed by atoms with Gasteiger partial charge in [-0.3, -0.25) is 4.98 Å². The van der Waals surface area contributed by atoms with Crippen molar-refractivity contribution in [3.63, 3.8) is 0 Å². The van der Waals surface area contributed by atoms with Crippen molar-refractivity contribution in [3.05, 3.63) is 28.6 Å². The SMILES string of the molecule is Cc1c(CCl)cc(CC#N)nc1C(F)F. The van der Waals surface area contributed by atoms with E-state index in [1.54, 1.807) is 13.0 Å². The molecule has 0 aliphatic rings. The van der Waals surface area contributed by atoms with Crippen LogP contribution in [0.2, 0.25) is 0 Å². The standard InChI is InChI=1S/C10H9ClF2N2/c1-6-7(5-11)4-8(2-3-14)15-9(6)10(12)13/h4,10H,2,5H2,1H3. The molecule has 15 heavy (non-hydrogen) atoms. The maximum atomic E-state index is 12.6. The molecule has 0 N–H and O–H groups in total. The van der Waals surface area contributed by atoms with Gasteiger partial charge in [0.2, 0.25) is 0 Å². The van der Waals surface area contributed by atoms with Gasteiger partial charge in [-0.1, -0.05) is 0 Å². The lowest BCUT2D eigenvalue weighted by Crippen LogP contribution is -2.02. The summed E-state index contributed by atoms with van der Waals surface area (Å²) >= 11 is 5.63. The van der Waals surface area contributed by atoms with Crippen molar-refractivity contribution in [3.8, 4) is 6.07 Å². The Morgan fingerprint density at radius 3 is 2.73 bits per heavy atom. The number of halogens is 3. The van der Waals surface area contributed by atoms with Gasteiger partial charge in [0, 0.05) is 5.88 Å². The van der Waals surface area contributed by atoms with Crippen LogP contribution in [-0.4, -0.2) is 4.98 Å². The van der Waals surface area contributed by atoms with Gasteiger partial charge in [0.25, 0.3) is 6.43 Å². The molecular weight excluding hydrogens is 222 g/mol. The molecular formula is C10H9ClF2N2. The number of aromatic nitrogens is 1. The lowest BCUT2D eigenvalue weighted by molar-refractivity contribution is 0.145. The van der Waals surface area contributed by atoms with E-state index in [1.165, 1.54) is 0 Å². The van der Waals surface area contributed by atoms with Gasteiger partial charge < -0.3 is 0 Å². The molecule has 0 amide bonds. The third-order valence-corrected chi connectivity index (χ3v) is 2.37. The molecule has 0 aliphatic heterocycles. The lowest BCUT2D eigenvalue weighted by Gasteiger charge is -2.09. The second-order valence-corrected chi connectivity index (χ2v) is 3.32. The quantitative estimate of drug-likeness (QED) is 0.748. The van der Waals surface area contributed by atoms with Crippen molar-refractivity contribution >= 4 is 11.6 Å². The third-order valence-electron chi connectivity index (χ3n) is 2.08. The Hall–Kier alpha value is -1.21. The molecule has 2 nitrogen and oxygen atoms in total. The molecule has 5 heteroatoms. The van der Waals surface area contributed by atoms with E-state index in [4.69, 9.17) is 16.9 Å². The highest BCUT2D eigenvalue weighted by Gasteiger charge is 2.16. The molecule has 0 radical (unpaired) electrons. The second-order valence-electron chi connectivity index (χ2n) is 3.05. The van der Waals surface area contributed by atoms with Crippen LogP contribution < -0.4 is 0 Å². The fourth-order valence-corrected chi connectivity index (χ4v) is 1.55. The van der Waals surface area contributed by atoms with Crippen molar-refractivity contribution in [2.24, 2.45) is 0 Å². The van der Waals surface area contributed by atoms with E-state index in [0.29, 0.717) is 16.8 Å². The molecule has 0 saturated carbocycles. The van der Waals surface area contributed by atoms with Crippen molar-refractivity contribution in [1.82, 2.24) is 4.98 Å². The van der Waals surface area contributed by atoms with E-state index in [2.05, 4.69) is 4.98 Å². The normalized spacial score (nSPS) is 10.4. The van der Waals surface area contributed by atoms with Crippen LogP contribution in [-0.2, 0) is 12.3 Å². The van der Waals surface area contributed by atoms with Crippen LogP contribution in [0.5, 0.6) is 0 Å². The van der Waals surface area contributed by atoms with E-state index in [9.17, 15) is 8.78 Å². The van der Waals surface area contributed by atoms with Crippen LogP contribution in [0.25, 0.3) is 0 Å². The molecule has 0 aliphatic carbocycles. The monoisotopic (exact) mass is 230 g/mol. The van der Waals surface area contributed by atoms with Gasteiger partial charge in [0.05, 0.1) is 18.2 Å². The number of nitrogens with zero attached hydrogens (tertiary/aromatic N) is 2. The number of hydrogen-bond donors (Lipinski definition) is 0. The van der Waals surface area contributed by atoms with Gasteiger partial charge in [-0.15, -0.1) is 11.6 Å². The van der Waals surface area contributed by atoms with Crippen LogP contribution in [0.15, 0.2) is 6.07 Å². The summed E-state index contributed by atoms with van der Waals surface area (Å²) in [6.45, 7) is 1.56. The number of nitriles is 1. The first-order valence-electron chi connectivity index (χ1n) is 4.30. The average molecular weight is 231 g/mol. The van der Waals surface area contributed by atoms with Crippen molar-refractivity contribution in [1.29, 1.82) is 5.26 Å². The van der Waals surface area contributed by atoms with Crippen LogP contribution >= 0.6 is 11.6 Å². The third kappa shape index (κ3) is 2.63. The highest BCUT2D eigenvalue weighted by Crippen LogP contribution is 2.24. The highest BCUT2D eigenvalue weighted by molar-refractivity contribution is 6.17. The summed E-state index contributed by atoms with van der Waals surface area (Å²) in [6, 6.07) is 3.47. The largest absolute Gasteiger partial charge is 0.280 e. The molecule has 0 bridgehead atoms. The van der Waals surface area contributed by atoms with Crippen molar-refractivity contribution in [2.45, 2.75) is 25.7 Å². The van der Waals surface area contributed by atoms with Crippen LogP contribution in [0.1, 0.15) is 28.9 Å². The summed E-state index contributed by atoms with van der Waals surface area (Å²) in [7, 11) is 0. The zero-order chi connectivity index (χ0) is 11.4. The maximum absolute atomic E-state index is 12.6. The van der Waals surface area contributed by atoms with Gasteiger partial charge >= 0.3 is 0 Å². The summed E-state index contributed by atoms with van der Waals surface area (Å²) < 4.78 is 25.2. The number of pyridine rings is 1. The molecule has 0 saturated heterocycles. The van der Waals surface area contributed by atoms with E-state index in [-0.39, 0.29) is 18.0 Å². The molecule has 80 valence electrons. The summed E-state index contributed by atoms with van der Waals surface area (Å²) in [6.07, 6.45) is -2.62. The number of rotatable bonds is 3. The van der Waals surface area contributed by atoms with E-state index < -0.39 is 6.43 Å². The summed E-state index contributed by atoms with van der Waals surface area (Å²) in [5, 5.41) is 8.47. The number of alkyl halides is 3. The smallest absolute Gasteiger partial charge is 0.250 e. The maximum Gasteiger partial charge on any atom is 0.280 e.